The van der Waals surface area contributed by atoms with Crippen LogP contribution in [0.5, 0.6) is 0 Å². The van der Waals surface area contributed by atoms with Crippen LogP contribution in [0.2, 0.25) is 0 Å². The van der Waals surface area contributed by atoms with Gasteiger partial charge in [-0.15, -0.1) is 24.0 Å². The minimum Gasteiger partial charge on any atom is -0.379 e. The highest BCUT2D eigenvalue weighted by Crippen LogP contribution is 2.10. The number of fused-ring (bicyclic) bond motifs is 1. The van der Waals surface area contributed by atoms with Gasteiger partial charge in [0.25, 0.3) is 0 Å². The van der Waals surface area contributed by atoms with Crippen molar-refractivity contribution < 1.29 is 9.47 Å². The summed E-state index contributed by atoms with van der Waals surface area (Å²) in [6, 6.07) is 4.13. The van der Waals surface area contributed by atoms with Gasteiger partial charge in [0.2, 0.25) is 0 Å². The normalized spacial score (nSPS) is 16.9. The molecule has 0 aliphatic carbocycles. The fraction of sp³-hybridized carbons (Fsp3) is 0.600. The standard InChI is InChI=1S/C20H31N5O2.HI/c1-3-21-20(22-9-5-12-27-18-8-13-26-15-18)23-10-7-17-14-25-11-4-6-16(2)19(25)24-17;/h4,6,11,14,18H,3,5,7-10,12-13,15H2,1-2H3,(H2,21,22,23);1H. The van der Waals surface area contributed by atoms with Crippen LogP contribution in [-0.4, -0.2) is 60.9 Å². The summed E-state index contributed by atoms with van der Waals surface area (Å²) in [5.74, 6) is 0.849. The van der Waals surface area contributed by atoms with Crippen LogP contribution in [0.15, 0.2) is 29.5 Å². The maximum absolute atomic E-state index is 5.78. The third kappa shape index (κ3) is 6.89. The van der Waals surface area contributed by atoms with Crippen LogP contribution < -0.4 is 10.6 Å². The zero-order chi connectivity index (χ0) is 18.9. The maximum Gasteiger partial charge on any atom is 0.191 e. The van der Waals surface area contributed by atoms with Crippen LogP contribution in [0.1, 0.15) is 31.0 Å². The van der Waals surface area contributed by atoms with E-state index in [9.17, 15) is 0 Å². The second-order valence-corrected chi connectivity index (χ2v) is 6.80. The van der Waals surface area contributed by atoms with Gasteiger partial charge in [0, 0.05) is 51.7 Å². The smallest absolute Gasteiger partial charge is 0.191 e. The molecule has 0 radical (unpaired) electrons. The van der Waals surface area contributed by atoms with E-state index in [-0.39, 0.29) is 30.1 Å². The van der Waals surface area contributed by atoms with Gasteiger partial charge in [0.1, 0.15) is 5.65 Å². The number of aryl methyl sites for hydroxylation is 1. The number of hydrogen-bond acceptors (Lipinski definition) is 4. The number of aliphatic imine (C=N–C) groups is 1. The first-order valence-corrected chi connectivity index (χ1v) is 9.91. The average Bonchev–Trinajstić information content (AvgIpc) is 3.31. The van der Waals surface area contributed by atoms with Crippen LogP contribution in [0.25, 0.3) is 5.65 Å². The van der Waals surface area contributed by atoms with E-state index in [1.54, 1.807) is 0 Å². The summed E-state index contributed by atoms with van der Waals surface area (Å²) in [4.78, 5) is 9.34. The van der Waals surface area contributed by atoms with Crippen molar-refractivity contribution in [3.8, 4) is 0 Å². The van der Waals surface area contributed by atoms with Crippen molar-refractivity contribution >= 4 is 35.6 Å². The van der Waals surface area contributed by atoms with Gasteiger partial charge in [-0.2, -0.15) is 0 Å². The van der Waals surface area contributed by atoms with E-state index >= 15 is 0 Å². The monoisotopic (exact) mass is 501 g/mol. The molecule has 2 aromatic rings. The van der Waals surface area contributed by atoms with Gasteiger partial charge in [0.15, 0.2) is 5.96 Å². The van der Waals surface area contributed by atoms with E-state index in [4.69, 9.17) is 14.5 Å². The predicted molar refractivity (Wildman–Crippen MR) is 123 cm³/mol. The van der Waals surface area contributed by atoms with Crippen molar-refractivity contribution in [3.05, 3.63) is 35.8 Å². The Hall–Kier alpha value is -1.39. The molecule has 0 amide bonds. The van der Waals surface area contributed by atoms with E-state index in [2.05, 4.69) is 46.1 Å². The highest BCUT2D eigenvalue weighted by molar-refractivity contribution is 14.0. The lowest BCUT2D eigenvalue weighted by molar-refractivity contribution is 0.0424. The number of ether oxygens (including phenoxy) is 2. The molecular formula is C20H32IN5O2. The molecule has 1 aliphatic heterocycles. The Bertz CT molecular complexity index is 743. The van der Waals surface area contributed by atoms with Gasteiger partial charge in [-0.3, -0.25) is 4.99 Å². The molecule has 0 saturated carbocycles. The minimum atomic E-state index is 0. The zero-order valence-corrected chi connectivity index (χ0v) is 19.1. The molecule has 156 valence electrons. The molecule has 7 nitrogen and oxygen atoms in total. The molecule has 0 bridgehead atoms. The van der Waals surface area contributed by atoms with Gasteiger partial charge in [-0.1, -0.05) is 6.07 Å². The topological polar surface area (TPSA) is 72.2 Å². The van der Waals surface area contributed by atoms with Crippen LogP contribution in [0.3, 0.4) is 0 Å². The number of imidazole rings is 1. The van der Waals surface area contributed by atoms with Crippen molar-refractivity contribution in [3.63, 3.8) is 0 Å². The number of hydrogen-bond donors (Lipinski definition) is 2. The number of halogens is 1. The van der Waals surface area contributed by atoms with Crippen molar-refractivity contribution in [2.75, 3.05) is 39.5 Å². The SMILES string of the molecule is CCNC(=NCCCOC1CCOC1)NCCc1cn2cccc(C)c2n1.I. The van der Waals surface area contributed by atoms with Crippen molar-refractivity contribution in [1.29, 1.82) is 0 Å². The second-order valence-electron chi connectivity index (χ2n) is 6.80. The first-order valence-electron chi connectivity index (χ1n) is 9.91. The largest absolute Gasteiger partial charge is 0.379 e. The Kier molecular flexibility index (Phi) is 10.0. The first-order chi connectivity index (χ1) is 13.3. The number of aromatic nitrogens is 2. The molecule has 0 spiro atoms. The molecular weight excluding hydrogens is 469 g/mol. The van der Waals surface area contributed by atoms with Crippen LogP contribution in [0, 0.1) is 6.92 Å². The molecule has 2 N–H and O–H groups in total. The van der Waals surface area contributed by atoms with Crippen molar-refractivity contribution in [1.82, 2.24) is 20.0 Å². The minimum absolute atomic E-state index is 0. The molecule has 1 unspecified atom stereocenters. The van der Waals surface area contributed by atoms with E-state index in [1.807, 2.05) is 12.3 Å². The van der Waals surface area contributed by atoms with Gasteiger partial charge in [0.05, 0.1) is 18.4 Å². The fourth-order valence-corrected chi connectivity index (χ4v) is 3.13. The Morgan fingerprint density at radius 1 is 1.43 bits per heavy atom. The highest BCUT2D eigenvalue weighted by Gasteiger charge is 2.15. The lowest BCUT2D eigenvalue weighted by atomic mass is 10.3. The van der Waals surface area contributed by atoms with E-state index in [0.29, 0.717) is 0 Å². The van der Waals surface area contributed by atoms with Crippen LogP contribution >= 0.6 is 24.0 Å². The Labute approximate surface area is 184 Å². The number of rotatable bonds is 9. The van der Waals surface area contributed by atoms with E-state index in [0.717, 1.165) is 76.0 Å². The van der Waals surface area contributed by atoms with E-state index < -0.39 is 0 Å². The van der Waals surface area contributed by atoms with Crippen LogP contribution in [0.4, 0.5) is 0 Å². The molecule has 1 atom stereocenters. The third-order valence-electron chi connectivity index (χ3n) is 4.56. The lowest BCUT2D eigenvalue weighted by Gasteiger charge is -2.11. The summed E-state index contributed by atoms with van der Waals surface area (Å²) in [5, 5.41) is 6.68. The Balaban J connectivity index is 0.00000280. The quantitative estimate of drug-likeness (QED) is 0.239. The molecule has 2 aromatic heterocycles. The molecule has 3 rings (SSSR count). The maximum atomic E-state index is 5.78. The van der Waals surface area contributed by atoms with Gasteiger partial charge >= 0.3 is 0 Å². The van der Waals surface area contributed by atoms with E-state index in [1.165, 1.54) is 5.56 Å². The predicted octanol–water partition coefficient (Wildman–Crippen LogP) is 2.55. The van der Waals surface area contributed by atoms with Crippen molar-refractivity contribution in [2.24, 2.45) is 4.99 Å². The molecule has 8 heteroatoms. The van der Waals surface area contributed by atoms with Gasteiger partial charge in [-0.05, 0) is 38.3 Å². The Morgan fingerprint density at radius 2 is 2.32 bits per heavy atom. The molecule has 1 aliphatic rings. The molecule has 1 saturated heterocycles. The number of guanidine groups is 1. The summed E-state index contributed by atoms with van der Waals surface area (Å²) >= 11 is 0. The zero-order valence-electron chi connectivity index (χ0n) is 16.8. The average molecular weight is 501 g/mol. The fourth-order valence-electron chi connectivity index (χ4n) is 3.13. The number of pyridine rings is 1. The molecule has 28 heavy (non-hydrogen) atoms. The lowest BCUT2D eigenvalue weighted by Crippen LogP contribution is -2.38. The summed E-state index contributed by atoms with van der Waals surface area (Å²) in [5.41, 5.74) is 3.30. The molecule has 3 heterocycles. The van der Waals surface area contributed by atoms with Crippen LogP contribution in [-0.2, 0) is 15.9 Å². The molecule has 0 aromatic carbocycles. The molecule has 1 fully saturated rings. The highest BCUT2D eigenvalue weighted by atomic mass is 127. The third-order valence-corrected chi connectivity index (χ3v) is 4.56. The van der Waals surface area contributed by atoms with Gasteiger partial charge in [-0.25, -0.2) is 4.98 Å². The first kappa shape index (κ1) is 22.9. The summed E-state index contributed by atoms with van der Waals surface area (Å²) in [6.07, 6.45) is 7.19. The van der Waals surface area contributed by atoms with Gasteiger partial charge < -0.3 is 24.5 Å². The second kappa shape index (κ2) is 12.2. The number of nitrogens with one attached hydrogen (secondary N) is 2. The Morgan fingerprint density at radius 3 is 3.07 bits per heavy atom. The summed E-state index contributed by atoms with van der Waals surface area (Å²) in [6.45, 7) is 8.84. The van der Waals surface area contributed by atoms with Crippen molar-refractivity contribution in [2.45, 2.75) is 39.2 Å². The number of nitrogens with zero attached hydrogens (tertiary/aromatic N) is 3. The summed E-state index contributed by atoms with van der Waals surface area (Å²) in [7, 11) is 0. The summed E-state index contributed by atoms with van der Waals surface area (Å²) < 4.78 is 13.2.